The van der Waals surface area contributed by atoms with Crippen molar-refractivity contribution in [2.75, 3.05) is 24.9 Å². The van der Waals surface area contributed by atoms with Crippen LogP contribution in [-0.4, -0.2) is 25.1 Å². The Morgan fingerprint density at radius 2 is 1.91 bits per heavy atom. The average molecular weight is 315 g/mol. The van der Waals surface area contributed by atoms with Crippen LogP contribution in [0.1, 0.15) is 18.9 Å². The Bertz CT molecular complexity index is 657. The average Bonchev–Trinajstić information content (AvgIpc) is 2.60. The highest BCUT2D eigenvalue weighted by molar-refractivity contribution is 5.90. The van der Waals surface area contributed by atoms with Crippen molar-refractivity contribution < 1.29 is 14.3 Å². The minimum absolute atomic E-state index is 0.0298. The molecule has 0 aliphatic rings. The van der Waals surface area contributed by atoms with Crippen LogP contribution in [0.2, 0.25) is 0 Å². The van der Waals surface area contributed by atoms with Gasteiger partial charge in [-0.1, -0.05) is 13.0 Å². The standard InChI is InChI=1S/C17H21N3O3/c1-4-17(21)20-13-6-8-16(19-11-13)18-10-12-5-7-14(22-2)15(9-12)23-3/h5-9,11H,4,10H2,1-3H3,(H,18,19)(H,20,21). The summed E-state index contributed by atoms with van der Waals surface area (Å²) in [6, 6.07) is 9.39. The number of rotatable bonds is 7. The second-order valence-electron chi connectivity index (χ2n) is 4.88. The van der Waals surface area contributed by atoms with Gasteiger partial charge >= 0.3 is 0 Å². The van der Waals surface area contributed by atoms with Crippen molar-refractivity contribution in [2.45, 2.75) is 19.9 Å². The van der Waals surface area contributed by atoms with Crippen molar-refractivity contribution in [3.8, 4) is 11.5 Å². The smallest absolute Gasteiger partial charge is 0.224 e. The van der Waals surface area contributed by atoms with E-state index < -0.39 is 0 Å². The molecule has 0 saturated carbocycles. The SMILES string of the molecule is CCC(=O)Nc1ccc(NCc2ccc(OC)c(OC)c2)nc1. The predicted octanol–water partition coefficient (Wildman–Crippen LogP) is 3.06. The van der Waals surface area contributed by atoms with Gasteiger partial charge in [0, 0.05) is 13.0 Å². The van der Waals surface area contributed by atoms with Gasteiger partial charge in [-0.05, 0) is 29.8 Å². The van der Waals surface area contributed by atoms with Crippen LogP contribution in [0.3, 0.4) is 0 Å². The highest BCUT2D eigenvalue weighted by Gasteiger charge is 2.05. The summed E-state index contributed by atoms with van der Waals surface area (Å²) in [5, 5.41) is 5.98. The van der Waals surface area contributed by atoms with Gasteiger partial charge in [-0.25, -0.2) is 4.98 Å². The number of carbonyl (C=O) groups excluding carboxylic acids is 1. The first-order valence-electron chi connectivity index (χ1n) is 7.37. The van der Waals surface area contributed by atoms with E-state index in [-0.39, 0.29) is 5.91 Å². The first-order chi connectivity index (χ1) is 11.2. The lowest BCUT2D eigenvalue weighted by Gasteiger charge is -2.11. The molecule has 2 aromatic rings. The van der Waals surface area contributed by atoms with Crippen LogP contribution in [-0.2, 0) is 11.3 Å². The maximum Gasteiger partial charge on any atom is 0.224 e. The Morgan fingerprint density at radius 1 is 1.13 bits per heavy atom. The zero-order chi connectivity index (χ0) is 16.7. The minimum atomic E-state index is -0.0298. The fraction of sp³-hybridized carbons (Fsp3) is 0.294. The minimum Gasteiger partial charge on any atom is -0.493 e. The molecule has 6 nitrogen and oxygen atoms in total. The Morgan fingerprint density at radius 3 is 2.52 bits per heavy atom. The third-order valence-electron chi connectivity index (χ3n) is 3.29. The number of aromatic nitrogens is 1. The summed E-state index contributed by atoms with van der Waals surface area (Å²) in [4.78, 5) is 15.6. The molecular weight excluding hydrogens is 294 g/mol. The van der Waals surface area contributed by atoms with E-state index in [9.17, 15) is 4.79 Å². The molecule has 2 rings (SSSR count). The Balaban J connectivity index is 1.96. The molecular formula is C17H21N3O3. The molecule has 1 aromatic heterocycles. The Hall–Kier alpha value is -2.76. The van der Waals surface area contributed by atoms with E-state index in [1.807, 2.05) is 37.3 Å². The Kier molecular flexibility index (Phi) is 5.80. The summed E-state index contributed by atoms with van der Waals surface area (Å²) in [5.41, 5.74) is 1.74. The molecule has 0 saturated heterocycles. The Labute approximate surface area is 135 Å². The highest BCUT2D eigenvalue weighted by atomic mass is 16.5. The molecule has 1 aromatic carbocycles. The fourth-order valence-corrected chi connectivity index (χ4v) is 2.00. The summed E-state index contributed by atoms with van der Waals surface area (Å²) < 4.78 is 10.5. The number of hydrogen-bond donors (Lipinski definition) is 2. The number of methoxy groups -OCH3 is 2. The zero-order valence-corrected chi connectivity index (χ0v) is 13.6. The quantitative estimate of drug-likeness (QED) is 0.821. The summed E-state index contributed by atoms with van der Waals surface area (Å²) in [6.07, 6.45) is 2.07. The summed E-state index contributed by atoms with van der Waals surface area (Å²) >= 11 is 0. The lowest BCUT2D eigenvalue weighted by molar-refractivity contribution is -0.115. The number of pyridine rings is 1. The second-order valence-corrected chi connectivity index (χ2v) is 4.88. The normalized spacial score (nSPS) is 10.0. The zero-order valence-electron chi connectivity index (χ0n) is 13.6. The van der Waals surface area contributed by atoms with Gasteiger partial charge in [0.2, 0.25) is 5.91 Å². The van der Waals surface area contributed by atoms with Gasteiger partial charge in [0.15, 0.2) is 11.5 Å². The van der Waals surface area contributed by atoms with E-state index in [1.54, 1.807) is 20.4 Å². The molecule has 0 radical (unpaired) electrons. The van der Waals surface area contributed by atoms with Gasteiger partial charge in [0.25, 0.3) is 0 Å². The van der Waals surface area contributed by atoms with E-state index in [0.29, 0.717) is 30.2 Å². The van der Waals surface area contributed by atoms with E-state index in [2.05, 4.69) is 15.6 Å². The van der Waals surface area contributed by atoms with Crippen LogP contribution in [0.15, 0.2) is 36.5 Å². The molecule has 1 heterocycles. The van der Waals surface area contributed by atoms with Crippen molar-refractivity contribution in [1.29, 1.82) is 0 Å². The van der Waals surface area contributed by atoms with Crippen LogP contribution >= 0.6 is 0 Å². The van der Waals surface area contributed by atoms with Crippen LogP contribution < -0.4 is 20.1 Å². The maximum absolute atomic E-state index is 11.3. The van der Waals surface area contributed by atoms with E-state index in [1.165, 1.54) is 0 Å². The molecule has 0 bridgehead atoms. The molecule has 6 heteroatoms. The molecule has 0 spiro atoms. The first-order valence-corrected chi connectivity index (χ1v) is 7.37. The number of nitrogens with one attached hydrogen (secondary N) is 2. The third kappa shape index (κ3) is 4.60. The van der Waals surface area contributed by atoms with Gasteiger partial charge in [-0.3, -0.25) is 4.79 Å². The lowest BCUT2D eigenvalue weighted by atomic mass is 10.2. The molecule has 23 heavy (non-hydrogen) atoms. The molecule has 0 atom stereocenters. The van der Waals surface area contributed by atoms with Gasteiger partial charge < -0.3 is 20.1 Å². The van der Waals surface area contributed by atoms with E-state index in [4.69, 9.17) is 9.47 Å². The number of anilines is 2. The maximum atomic E-state index is 11.3. The lowest BCUT2D eigenvalue weighted by Crippen LogP contribution is -2.10. The molecule has 2 N–H and O–H groups in total. The second kappa shape index (κ2) is 8.03. The number of ether oxygens (including phenoxy) is 2. The van der Waals surface area contributed by atoms with Crippen molar-refractivity contribution in [1.82, 2.24) is 4.98 Å². The fourth-order valence-electron chi connectivity index (χ4n) is 2.00. The first kappa shape index (κ1) is 16.6. The summed E-state index contributed by atoms with van der Waals surface area (Å²) in [5.74, 6) is 2.09. The number of hydrogen-bond acceptors (Lipinski definition) is 5. The monoisotopic (exact) mass is 315 g/mol. The van der Waals surface area contributed by atoms with Crippen LogP contribution in [0, 0.1) is 0 Å². The number of amides is 1. The number of benzene rings is 1. The van der Waals surface area contributed by atoms with Gasteiger partial charge in [0.05, 0.1) is 26.1 Å². The summed E-state index contributed by atoms with van der Waals surface area (Å²) in [7, 11) is 3.22. The van der Waals surface area contributed by atoms with Crippen LogP contribution in [0.5, 0.6) is 11.5 Å². The van der Waals surface area contributed by atoms with Gasteiger partial charge in [-0.2, -0.15) is 0 Å². The van der Waals surface area contributed by atoms with Crippen LogP contribution in [0.4, 0.5) is 11.5 Å². The molecule has 0 unspecified atom stereocenters. The molecule has 1 amide bonds. The largest absolute Gasteiger partial charge is 0.493 e. The van der Waals surface area contributed by atoms with Gasteiger partial charge in [-0.15, -0.1) is 0 Å². The topological polar surface area (TPSA) is 72.5 Å². The van der Waals surface area contributed by atoms with Crippen LogP contribution in [0.25, 0.3) is 0 Å². The number of nitrogens with zero attached hydrogens (tertiary/aromatic N) is 1. The predicted molar refractivity (Wildman–Crippen MR) is 90.0 cm³/mol. The van der Waals surface area contributed by atoms with Crippen molar-refractivity contribution in [2.24, 2.45) is 0 Å². The molecule has 0 fully saturated rings. The van der Waals surface area contributed by atoms with Crippen molar-refractivity contribution in [3.63, 3.8) is 0 Å². The molecule has 0 aliphatic heterocycles. The third-order valence-corrected chi connectivity index (χ3v) is 3.29. The van der Waals surface area contributed by atoms with Gasteiger partial charge in [0.1, 0.15) is 5.82 Å². The molecule has 0 aliphatic carbocycles. The molecule has 122 valence electrons. The van der Waals surface area contributed by atoms with Crippen molar-refractivity contribution in [3.05, 3.63) is 42.1 Å². The van der Waals surface area contributed by atoms with E-state index in [0.717, 1.165) is 11.4 Å². The van der Waals surface area contributed by atoms with E-state index >= 15 is 0 Å². The summed E-state index contributed by atoms with van der Waals surface area (Å²) in [6.45, 7) is 2.41. The highest BCUT2D eigenvalue weighted by Crippen LogP contribution is 2.27. The number of carbonyl (C=O) groups is 1. The van der Waals surface area contributed by atoms with Crippen molar-refractivity contribution >= 4 is 17.4 Å².